The summed E-state index contributed by atoms with van der Waals surface area (Å²) < 4.78 is 38.6. The Bertz CT molecular complexity index is 364. The van der Waals surface area contributed by atoms with E-state index in [0.29, 0.717) is 5.82 Å². The van der Waals surface area contributed by atoms with Crippen LogP contribution in [0.4, 0.5) is 13.2 Å². The summed E-state index contributed by atoms with van der Waals surface area (Å²) >= 11 is 0. The van der Waals surface area contributed by atoms with Gasteiger partial charge in [-0.2, -0.15) is 18.3 Å². The summed E-state index contributed by atoms with van der Waals surface area (Å²) in [5.74, 6) is 0.461. The van der Waals surface area contributed by atoms with Gasteiger partial charge < -0.3 is 5.11 Å². The Morgan fingerprint density at radius 2 is 2.11 bits per heavy atom. The van der Waals surface area contributed by atoms with Gasteiger partial charge in [-0.15, -0.1) is 0 Å². The first-order valence-corrected chi connectivity index (χ1v) is 5.62. The highest BCUT2D eigenvalue weighted by Crippen LogP contribution is 2.18. The van der Waals surface area contributed by atoms with Crippen molar-refractivity contribution in [3.05, 3.63) is 12.2 Å². The molecule has 0 radical (unpaired) electrons. The molecule has 0 atom stereocenters. The smallest absolute Gasteiger partial charge is 0.395 e. The first kappa shape index (κ1) is 14.9. The molecular weight excluding hydrogens is 249 g/mol. The van der Waals surface area contributed by atoms with Crippen LogP contribution in [0.2, 0.25) is 0 Å². The third kappa shape index (κ3) is 4.61. The zero-order valence-corrected chi connectivity index (χ0v) is 10.4. The Hall–Kier alpha value is -1.15. The third-order valence-corrected chi connectivity index (χ3v) is 2.32. The number of hydrogen-bond acceptors (Lipinski definition) is 4. The number of aromatic nitrogens is 3. The summed E-state index contributed by atoms with van der Waals surface area (Å²) in [5.41, 5.74) is 0. The molecule has 8 heteroatoms. The van der Waals surface area contributed by atoms with Crippen molar-refractivity contribution in [3.8, 4) is 0 Å². The molecule has 5 nitrogen and oxygen atoms in total. The predicted octanol–water partition coefficient (Wildman–Crippen LogP) is 1.22. The summed E-state index contributed by atoms with van der Waals surface area (Å²) in [4.78, 5) is 5.05. The lowest BCUT2D eigenvalue weighted by atomic mass is 10.3. The Morgan fingerprint density at radius 1 is 1.44 bits per heavy atom. The van der Waals surface area contributed by atoms with Gasteiger partial charge >= 0.3 is 6.18 Å². The predicted molar refractivity (Wildman–Crippen MR) is 58.8 cm³/mol. The van der Waals surface area contributed by atoms with Gasteiger partial charge in [0.15, 0.2) is 0 Å². The van der Waals surface area contributed by atoms with Crippen LogP contribution in [-0.2, 0) is 6.54 Å². The molecule has 0 fully saturated rings. The van der Waals surface area contributed by atoms with Crippen LogP contribution in [0.1, 0.15) is 25.7 Å². The molecule has 1 heterocycles. The molecule has 18 heavy (non-hydrogen) atoms. The highest BCUT2D eigenvalue weighted by atomic mass is 19.4. The van der Waals surface area contributed by atoms with E-state index >= 15 is 0 Å². The van der Waals surface area contributed by atoms with Gasteiger partial charge in [0.1, 0.15) is 12.2 Å². The molecule has 0 unspecified atom stereocenters. The fraction of sp³-hybridized carbons (Fsp3) is 0.800. The zero-order valence-electron chi connectivity index (χ0n) is 10.4. The molecule has 1 N–H and O–H groups in total. The van der Waals surface area contributed by atoms with Gasteiger partial charge in [0.25, 0.3) is 0 Å². The van der Waals surface area contributed by atoms with E-state index in [0.717, 1.165) is 4.90 Å². The maximum atomic E-state index is 12.4. The van der Waals surface area contributed by atoms with Gasteiger partial charge in [0, 0.05) is 12.6 Å². The van der Waals surface area contributed by atoms with E-state index in [2.05, 4.69) is 10.1 Å². The molecule has 0 aliphatic rings. The first-order valence-electron chi connectivity index (χ1n) is 5.62. The van der Waals surface area contributed by atoms with E-state index in [-0.39, 0.29) is 25.7 Å². The Balaban J connectivity index is 2.73. The van der Waals surface area contributed by atoms with Crippen LogP contribution in [0.5, 0.6) is 0 Å². The summed E-state index contributed by atoms with van der Waals surface area (Å²) in [5, 5.41) is 12.7. The van der Waals surface area contributed by atoms with E-state index < -0.39 is 12.7 Å². The SMILES string of the molecule is CC(C)n1ncnc1CN(CCO)CC(F)(F)F. The molecule has 104 valence electrons. The van der Waals surface area contributed by atoms with Gasteiger partial charge in [-0.05, 0) is 13.8 Å². The lowest BCUT2D eigenvalue weighted by Gasteiger charge is -2.22. The maximum Gasteiger partial charge on any atom is 0.401 e. The number of aliphatic hydroxyl groups is 1. The highest BCUT2D eigenvalue weighted by molar-refractivity contribution is 4.87. The second kappa shape index (κ2) is 6.14. The molecule has 1 rings (SSSR count). The monoisotopic (exact) mass is 266 g/mol. The molecule has 0 aliphatic carbocycles. The van der Waals surface area contributed by atoms with Gasteiger partial charge in [0.2, 0.25) is 0 Å². The molecule has 0 spiro atoms. The second-order valence-electron chi connectivity index (χ2n) is 4.26. The first-order chi connectivity index (χ1) is 8.33. The number of alkyl halides is 3. The van der Waals surface area contributed by atoms with Crippen molar-refractivity contribution < 1.29 is 18.3 Å². The minimum atomic E-state index is -4.29. The van der Waals surface area contributed by atoms with Crippen molar-refractivity contribution in [1.82, 2.24) is 19.7 Å². The lowest BCUT2D eigenvalue weighted by Crippen LogP contribution is -2.36. The molecule has 1 aromatic heterocycles. The Kier molecular flexibility index (Phi) is 5.09. The van der Waals surface area contributed by atoms with E-state index in [1.54, 1.807) is 4.68 Å². The summed E-state index contributed by atoms with van der Waals surface area (Å²) in [6, 6.07) is 0.0318. The number of hydrogen-bond donors (Lipinski definition) is 1. The fourth-order valence-electron chi connectivity index (χ4n) is 1.63. The third-order valence-electron chi connectivity index (χ3n) is 2.32. The minimum Gasteiger partial charge on any atom is -0.395 e. The number of halogens is 3. The van der Waals surface area contributed by atoms with Crippen LogP contribution in [-0.4, -0.2) is 50.6 Å². The van der Waals surface area contributed by atoms with Crippen molar-refractivity contribution in [3.63, 3.8) is 0 Å². The van der Waals surface area contributed by atoms with Gasteiger partial charge in [-0.3, -0.25) is 4.90 Å². The van der Waals surface area contributed by atoms with Crippen molar-refractivity contribution in [2.24, 2.45) is 0 Å². The van der Waals surface area contributed by atoms with Gasteiger partial charge in [-0.1, -0.05) is 0 Å². The lowest BCUT2D eigenvalue weighted by molar-refractivity contribution is -0.148. The number of aliphatic hydroxyl groups excluding tert-OH is 1. The average Bonchev–Trinajstić information content (AvgIpc) is 2.63. The van der Waals surface area contributed by atoms with Crippen molar-refractivity contribution >= 4 is 0 Å². The van der Waals surface area contributed by atoms with Crippen LogP contribution < -0.4 is 0 Å². The Labute approximate surface area is 103 Å². The molecule has 0 amide bonds. The van der Waals surface area contributed by atoms with Gasteiger partial charge in [0.05, 0.1) is 19.7 Å². The van der Waals surface area contributed by atoms with Crippen molar-refractivity contribution in [2.75, 3.05) is 19.7 Å². The van der Waals surface area contributed by atoms with Crippen LogP contribution in [0, 0.1) is 0 Å². The summed E-state index contributed by atoms with van der Waals surface area (Å²) in [7, 11) is 0. The zero-order chi connectivity index (χ0) is 13.8. The molecular formula is C10H17F3N4O. The minimum absolute atomic E-state index is 0.0122. The summed E-state index contributed by atoms with van der Waals surface area (Å²) in [6.45, 7) is 2.31. The second-order valence-corrected chi connectivity index (χ2v) is 4.26. The molecule has 1 aromatic rings. The fourth-order valence-corrected chi connectivity index (χ4v) is 1.63. The standard InChI is InChI=1S/C10H17F3N4O/c1-8(2)17-9(14-7-15-17)5-16(3-4-18)6-10(11,12)13/h7-8,18H,3-6H2,1-2H3. The molecule has 0 aromatic carbocycles. The van der Waals surface area contributed by atoms with Crippen molar-refractivity contribution in [2.45, 2.75) is 32.6 Å². The van der Waals surface area contributed by atoms with Crippen LogP contribution in [0.25, 0.3) is 0 Å². The quantitative estimate of drug-likeness (QED) is 0.841. The van der Waals surface area contributed by atoms with Crippen molar-refractivity contribution in [1.29, 1.82) is 0 Å². The Morgan fingerprint density at radius 3 is 2.61 bits per heavy atom. The number of rotatable bonds is 6. The van der Waals surface area contributed by atoms with Gasteiger partial charge in [-0.25, -0.2) is 9.67 Å². The van der Waals surface area contributed by atoms with E-state index in [4.69, 9.17) is 5.11 Å². The van der Waals surface area contributed by atoms with Crippen LogP contribution in [0.15, 0.2) is 6.33 Å². The van der Waals surface area contributed by atoms with E-state index in [1.165, 1.54) is 6.33 Å². The molecule has 0 saturated carbocycles. The maximum absolute atomic E-state index is 12.4. The largest absolute Gasteiger partial charge is 0.401 e. The van der Waals surface area contributed by atoms with Crippen LogP contribution in [0.3, 0.4) is 0 Å². The molecule has 0 aliphatic heterocycles. The van der Waals surface area contributed by atoms with E-state index in [1.807, 2.05) is 13.8 Å². The van der Waals surface area contributed by atoms with E-state index in [9.17, 15) is 13.2 Å². The average molecular weight is 266 g/mol. The molecule has 0 bridgehead atoms. The highest BCUT2D eigenvalue weighted by Gasteiger charge is 2.31. The van der Waals surface area contributed by atoms with Crippen LogP contribution >= 0.6 is 0 Å². The normalized spacial score (nSPS) is 12.7. The number of nitrogens with zero attached hydrogens (tertiary/aromatic N) is 4. The molecule has 0 saturated heterocycles. The topological polar surface area (TPSA) is 54.2 Å². The summed E-state index contributed by atoms with van der Waals surface area (Å²) in [6.07, 6.45) is -2.97.